The number of nitrogens with one attached hydrogen (secondary N) is 2. The minimum absolute atomic E-state index is 0.0709. The number of nitrogens with zero attached hydrogens (tertiary/aromatic N) is 2. The molecule has 0 aliphatic carbocycles. The summed E-state index contributed by atoms with van der Waals surface area (Å²) in [7, 11) is -1.96. The first-order valence-electron chi connectivity index (χ1n) is 7.07. The van der Waals surface area contributed by atoms with Crippen molar-refractivity contribution in [1.82, 2.24) is 19.8 Å². The highest BCUT2D eigenvalue weighted by molar-refractivity contribution is 7.98. The number of thioether (sulfide) groups is 1. The molecule has 0 saturated carbocycles. The van der Waals surface area contributed by atoms with Crippen molar-refractivity contribution in [3.63, 3.8) is 0 Å². The zero-order valence-electron chi connectivity index (χ0n) is 13.4. The summed E-state index contributed by atoms with van der Waals surface area (Å²) in [6.07, 6.45) is 2.97. The van der Waals surface area contributed by atoms with Crippen LogP contribution < -0.4 is 5.32 Å². The van der Waals surface area contributed by atoms with Crippen molar-refractivity contribution in [2.75, 3.05) is 25.6 Å². The Kier molecular flexibility index (Phi) is 7.19. The van der Waals surface area contributed by atoms with Gasteiger partial charge < -0.3 is 5.32 Å². The molecular formula is C13H26N4O2S2. The van der Waals surface area contributed by atoms with E-state index in [1.54, 1.807) is 18.8 Å². The van der Waals surface area contributed by atoms with Gasteiger partial charge in [-0.05, 0) is 33.1 Å². The van der Waals surface area contributed by atoms with Crippen LogP contribution >= 0.6 is 11.8 Å². The molecule has 1 unspecified atom stereocenters. The molecule has 1 rings (SSSR count). The summed E-state index contributed by atoms with van der Waals surface area (Å²) in [6.45, 7) is 7.19. The van der Waals surface area contributed by atoms with E-state index < -0.39 is 10.0 Å². The first kappa shape index (κ1) is 18.5. The lowest BCUT2D eigenvalue weighted by molar-refractivity contribution is 0.412. The number of H-pyrrole nitrogens is 1. The molecule has 0 aromatic carbocycles. The SMILES string of the molecule is CCCNCc1c(S(=O)(=O)N(C)C(C)CSC)n[nH]c1C. The maximum atomic E-state index is 12.7. The Morgan fingerprint density at radius 3 is 2.71 bits per heavy atom. The van der Waals surface area contributed by atoms with Gasteiger partial charge in [0, 0.05) is 36.6 Å². The van der Waals surface area contributed by atoms with Crippen LogP contribution in [0.2, 0.25) is 0 Å². The highest BCUT2D eigenvalue weighted by Crippen LogP contribution is 2.21. The third kappa shape index (κ3) is 4.45. The first-order valence-corrected chi connectivity index (χ1v) is 9.91. The van der Waals surface area contributed by atoms with Crippen LogP contribution in [0.4, 0.5) is 0 Å². The molecule has 0 bridgehead atoms. The fourth-order valence-corrected chi connectivity index (χ4v) is 4.28. The van der Waals surface area contributed by atoms with Gasteiger partial charge in [0.2, 0.25) is 0 Å². The van der Waals surface area contributed by atoms with Crippen LogP contribution in [0.25, 0.3) is 0 Å². The molecule has 6 nitrogen and oxygen atoms in total. The van der Waals surface area contributed by atoms with Gasteiger partial charge in [-0.25, -0.2) is 8.42 Å². The van der Waals surface area contributed by atoms with Gasteiger partial charge in [0.25, 0.3) is 10.0 Å². The molecule has 1 aromatic heterocycles. The number of hydrogen-bond acceptors (Lipinski definition) is 5. The molecule has 21 heavy (non-hydrogen) atoms. The molecule has 0 spiro atoms. The van der Waals surface area contributed by atoms with Crippen LogP contribution in [-0.4, -0.2) is 54.6 Å². The number of aryl methyl sites for hydroxylation is 1. The molecule has 2 N–H and O–H groups in total. The predicted molar refractivity (Wildman–Crippen MR) is 88.1 cm³/mol. The monoisotopic (exact) mass is 334 g/mol. The normalized spacial score (nSPS) is 13.8. The van der Waals surface area contributed by atoms with Crippen molar-refractivity contribution in [2.45, 2.75) is 44.8 Å². The van der Waals surface area contributed by atoms with E-state index in [-0.39, 0.29) is 11.1 Å². The summed E-state index contributed by atoms with van der Waals surface area (Å²) in [4.78, 5) is 0. The Balaban J connectivity index is 3.03. The lowest BCUT2D eigenvalue weighted by Crippen LogP contribution is -2.37. The molecule has 0 radical (unpaired) electrons. The van der Waals surface area contributed by atoms with E-state index in [9.17, 15) is 8.42 Å². The van der Waals surface area contributed by atoms with E-state index in [0.717, 1.165) is 30.0 Å². The van der Waals surface area contributed by atoms with Crippen LogP contribution in [0.3, 0.4) is 0 Å². The van der Waals surface area contributed by atoms with Gasteiger partial charge in [-0.2, -0.15) is 21.2 Å². The second-order valence-corrected chi connectivity index (χ2v) is 7.96. The molecule has 1 aromatic rings. The van der Waals surface area contributed by atoms with E-state index in [1.807, 2.05) is 20.1 Å². The zero-order chi connectivity index (χ0) is 16.0. The smallest absolute Gasteiger partial charge is 0.262 e. The Morgan fingerprint density at radius 1 is 1.48 bits per heavy atom. The average molecular weight is 335 g/mol. The van der Waals surface area contributed by atoms with Crippen molar-refractivity contribution >= 4 is 21.8 Å². The van der Waals surface area contributed by atoms with Crippen molar-refractivity contribution in [1.29, 1.82) is 0 Å². The summed E-state index contributed by atoms with van der Waals surface area (Å²) < 4.78 is 26.8. The van der Waals surface area contributed by atoms with Gasteiger partial charge >= 0.3 is 0 Å². The third-order valence-corrected chi connectivity index (χ3v) is 6.18. The molecule has 0 aliphatic rings. The largest absolute Gasteiger partial charge is 0.313 e. The standard InChI is InChI=1S/C13H26N4O2S2/c1-6-7-14-8-12-11(3)15-16-13(12)21(18,19)17(4)10(2)9-20-5/h10,14H,6-9H2,1-5H3,(H,15,16). The summed E-state index contributed by atoms with van der Waals surface area (Å²) in [5.41, 5.74) is 1.52. The van der Waals surface area contributed by atoms with Gasteiger partial charge in [0.15, 0.2) is 5.03 Å². The molecule has 0 aliphatic heterocycles. The Morgan fingerprint density at radius 2 is 2.14 bits per heavy atom. The highest BCUT2D eigenvalue weighted by Gasteiger charge is 2.30. The molecular weight excluding hydrogens is 308 g/mol. The van der Waals surface area contributed by atoms with Gasteiger partial charge in [0.1, 0.15) is 0 Å². The predicted octanol–water partition coefficient (Wildman–Crippen LogP) is 1.59. The highest BCUT2D eigenvalue weighted by atomic mass is 32.2. The molecule has 0 fully saturated rings. The molecule has 8 heteroatoms. The lowest BCUT2D eigenvalue weighted by atomic mass is 10.2. The Bertz CT molecular complexity index is 542. The second-order valence-electron chi connectivity index (χ2n) is 5.13. The number of hydrogen-bond donors (Lipinski definition) is 2. The Labute approximate surface area is 132 Å². The van der Waals surface area contributed by atoms with E-state index in [0.29, 0.717) is 6.54 Å². The third-order valence-electron chi connectivity index (χ3n) is 3.42. The van der Waals surface area contributed by atoms with Crippen LogP contribution in [0.5, 0.6) is 0 Å². The van der Waals surface area contributed by atoms with Gasteiger partial charge in [0.05, 0.1) is 0 Å². The minimum Gasteiger partial charge on any atom is -0.313 e. The molecule has 0 amide bonds. The summed E-state index contributed by atoms with van der Waals surface area (Å²) in [5.74, 6) is 0.753. The van der Waals surface area contributed by atoms with Gasteiger partial charge in [-0.1, -0.05) is 6.92 Å². The van der Waals surface area contributed by atoms with Crippen LogP contribution in [0.15, 0.2) is 5.03 Å². The number of aromatic nitrogens is 2. The van der Waals surface area contributed by atoms with Crippen molar-refractivity contribution in [2.24, 2.45) is 0 Å². The topological polar surface area (TPSA) is 78.1 Å². The van der Waals surface area contributed by atoms with Crippen LogP contribution in [0.1, 0.15) is 31.5 Å². The summed E-state index contributed by atoms with van der Waals surface area (Å²) >= 11 is 1.63. The van der Waals surface area contributed by atoms with Crippen molar-refractivity contribution < 1.29 is 8.42 Å². The lowest BCUT2D eigenvalue weighted by Gasteiger charge is -2.23. The van der Waals surface area contributed by atoms with Crippen molar-refractivity contribution in [3.05, 3.63) is 11.3 Å². The number of aromatic amines is 1. The van der Waals surface area contributed by atoms with Crippen LogP contribution in [0, 0.1) is 6.92 Å². The molecule has 1 atom stereocenters. The van der Waals surface area contributed by atoms with Crippen LogP contribution in [-0.2, 0) is 16.6 Å². The molecule has 1 heterocycles. The first-order chi connectivity index (χ1) is 9.86. The zero-order valence-corrected chi connectivity index (χ0v) is 15.1. The Hall–Kier alpha value is -0.570. The molecule has 0 saturated heterocycles. The maximum absolute atomic E-state index is 12.7. The van der Waals surface area contributed by atoms with E-state index >= 15 is 0 Å². The quantitative estimate of drug-likeness (QED) is 0.671. The van der Waals surface area contributed by atoms with Gasteiger partial charge in [-0.15, -0.1) is 0 Å². The second kappa shape index (κ2) is 8.17. The van der Waals surface area contributed by atoms with E-state index in [1.165, 1.54) is 4.31 Å². The van der Waals surface area contributed by atoms with Crippen molar-refractivity contribution in [3.8, 4) is 0 Å². The van der Waals surface area contributed by atoms with E-state index in [4.69, 9.17) is 0 Å². The minimum atomic E-state index is -3.57. The number of rotatable bonds is 9. The summed E-state index contributed by atoms with van der Waals surface area (Å²) in [6, 6.07) is -0.0709. The molecule has 122 valence electrons. The fraction of sp³-hybridized carbons (Fsp3) is 0.769. The van der Waals surface area contributed by atoms with E-state index in [2.05, 4.69) is 22.4 Å². The number of sulfonamides is 1. The fourth-order valence-electron chi connectivity index (χ4n) is 1.96. The maximum Gasteiger partial charge on any atom is 0.262 e. The van der Waals surface area contributed by atoms with Gasteiger partial charge in [-0.3, -0.25) is 5.10 Å². The summed E-state index contributed by atoms with van der Waals surface area (Å²) in [5, 5.41) is 10.2. The average Bonchev–Trinajstić information content (AvgIpc) is 2.80.